The molecule has 0 radical (unpaired) electrons. The van der Waals surface area contributed by atoms with Crippen molar-refractivity contribution in [1.29, 1.82) is 0 Å². The number of amides is 1. The van der Waals surface area contributed by atoms with Crippen molar-refractivity contribution in [3.05, 3.63) is 76.0 Å². The molecule has 2 heterocycles. The number of nitrogens with zero attached hydrogens (tertiary/aromatic N) is 3. The minimum atomic E-state index is -0.645. The Morgan fingerprint density at radius 1 is 1.06 bits per heavy atom. The molecule has 9 heteroatoms. The summed E-state index contributed by atoms with van der Waals surface area (Å²) in [4.78, 5) is 33.6. The minimum absolute atomic E-state index is 0.141. The van der Waals surface area contributed by atoms with Gasteiger partial charge >= 0.3 is 5.97 Å². The number of rotatable bonds is 5. The third-order valence-corrected chi connectivity index (χ3v) is 6.53. The van der Waals surface area contributed by atoms with E-state index in [1.807, 2.05) is 17.0 Å². The highest BCUT2D eigenvalue weighted by atomic mass is 35.5. The van der Waals surface area contributed by atoms with Crippen LogP contribution in [0, 0.1) is 5.82 Å². The Balaban J connectivity index is 1.43. The Morgan fingerprint density at radius 2 is 1.72 bits per heavy atom. The van der Waals surface area contributed by atoms with Crippen molar-refractivity contribution < 1.29 is 18.7 Å². The highest BCUT2D eigenvalue weighted by Gasteiger charge is 2.33. The summed E-state index contributed by atoms with van der Waals surface area (Å²) in [6.07, 6.45) is 0. The highest BCUT2D eigenvalue weighted by Crippen LogP contribution is 2.27. The van der Waals surface area contributed by atoms with Crippen LogP contribution in [-0.4, -0.2) is 59.9 Å². The van der Waals surface area contributed by atoms with Gasteiger partial charge in [-0.15, -0.1) is 11.3 Å². The maximum atomic E-state index is 13.3. The first-order valence-electron chi connectivity index (χ1n) is 10.0. The van der Waals surface area contributed by atoms with Crippen molar-refractivity contribution in [3.8, 4) is 10.6 Å². The van der Waals surface area contributed by atoms with Crippen LogP contribution < -0.4 is 0 Å². The molecule has 0 aliphatic carbocycles. The normalized spacial score (nSPS) is 15.4. The molecule has 1 saturated heterocycles. The number of hydrogen-bond acceptors (Lipinski definition) is 6. The largest absolute Gasteiger partial charge is 0.468 e. The molecule has 1 atom stereocenters. The lowest BCUT2D eigenvalue weighted by molar-refractivity contribution is -0.148. The van der Waals surface area contributed by atoms with Gasteiger partial charge in [0.15, 0.2) is 0 Å². The molecule has 6 nitrogen and oxygen atoms in total. The average molecular weight is 474 g/mol. The molecule has 0 bridgehead atoms. The van der Waals surface area contributed by atoms with Crippen molar-refractivity contribution in [2.45, 2.75) is 6.04 Å². The first-order valence-corrected chi connectivity index (χ1v) is 11.3. The van der Waals surface area contributed by atoms with Gasteiger partial charge in [-0.3, -0.25) is 9.69 Å². The number of carbonyl (C=O) groups is 2. The Kier molecular flexibility index (Phi) is 6.83. The van der Waals surface area contributed by atoms with E-state index in [1.165, 1.54) is 30.6 Å². The van der Waals surface area contributed by atoms with Gasteiger partial charge in [0, 0.05) is 42.1 Å². The van der Waals surface area contributed by atoms with E-state index in [1.54, 1.807) is 34.5 Å². The van der Waals surface area contributed by atoms with E-state index in [0.29, 0.717) is 42.5 Å². The van der Waals surface area contributed by atoms with E-state index in [9.17, 15) is 14.0 Å². The SMILES string of the molecule is COC(=O)[C@H](c1ccc(F)cc1)N1CCN(C(=O)c2csc(-c3ccc(Cl)cc3)n2)CC1. The number of benzene rings is 2. The van der Waals surface area contributed by atoms with Crippen molar-refractivity contribution in [3.63, 3.8) is 0 Å². The van der Waals surface area contributed by atoms with Crippen molar-refractivity contribution in [2.24, 2.45) is 0 Å². The van der Waals surface area contributed by atoms with Crippen molar-refractivity contribution in [2.75, 3.05) is 33.3 Å². The van der Waals surface area contributed by atoms with Crippen LogP contribution in [0.5, 0.6) is 0 Å². The molecular weight excluding hydrogens is 453 g/mol. The molecule has 1 amide bonds. The fourth-order valence-corrected chi connectivity index (χ4v) is 4.62. The predicted octanol–water partition coefficient (Wildman–Crippen LogP) is 4.27. The Hall–Kier alpha value is -2.81. The van der Waals surface area contributed by atoms with Crippen molar-refractivity contribution >= 4 is 34.8 Å². The fourth-order valence-electron chi connectivity index (χ4n) is 3.69. The number of aromatic nitrogens is 1. The number of thiazole rings is 1. The van der Waals surface area contributed by atoms with E-state index in [0.717, 1.165) is 10.6 Å². The third-order valence-electron chi connectivity index (χ3n) is 5.39. The van der Waals surface area contributed by atoms with E-state index in [4.69, 9.17) is 16.3 Å². The third kappa shape index (κ3) is 4.82. The van der Waals surface area contributed by atoms with Crippen LogP contribution in [0.2, 0.25) is 5.02 Å². The molecule has 3 aromatic rings. The second-order valence-electron chi connectivity index (χ2n) is 7.35. The monoisotopic (exact) mass is 473 g/mol. The van der Waals surface area contributed by atoms with Crippen LogP contribution in [0.25, 0.3) is 10.6 Å². The summed E-state index contributed by atoms with van der Waals surface area (Å²) in [6.45, 7) is 1.86. The summed E-state index contributed by atoms with van der Waals surface area (Å²) in [7, 11) is 1.33. The van der Waals surface area contributed by atoms with Gasteiger partial charge in [-0.1, -0.05) is 35.9 Å². The van der Waals surface area contributed by atoms with Gasteiger partial charge < -0.3 is 9.64 Å². The Morgan fingerprint density at radius 3 is 2.34 bits per heavy atom. The summed E-state index contributed by atoms with van der Waals surface area (Å²) in [5.41, 5.74) is 1.96. The summed E-state index contributed by atoms with van der Waals surface area (Å²) in [6, 6.07) is 12.5. The molecule has 0 spiro atoms. The van der Waals surface area contributed by atoms with Gasteiger partial charge in [0.25, 0.3) is 5.91 Å². The zero-order valence-corrected chi connectivity index (χ0v) is 18.9. The maximum absolute atomic E-state index is 13.3. The molecule has 1 aliphatic rings. The zero-order chi connectivity index (χ0) is 22.7. The predicted molar refractivity (Wildman–Crippen MR) is 121 cm³/mol. The van der Waals surface area contributed by atoms with Gasteiger partial charge in [0.1, 0.15) is 22.6 Å². The molecular formula is C23H21ClFN3O3S. The average Bonchev–Trinajstić information content (AvgIpc) is 3.31. The first-order chi connectivity index (χ1) is 15.5. The van der Waals surface area contributed by atoms with Gasteiger partial charge in [-0.2, -0.15) is 0 Å². The number of carbonyl (C=O) groups excluding carboxylic acids is 2. The molecule has 0 unspecified atom stereocenters. The van der Waals surface area contributed by atoms with Gasteiger partial charge in [-0.25, -0.2) is 14.2 Å². The Bertz CT molecular complexity index is 1100. The summed E-state index contributed by atoms with van der Waals surface area (Å²) < 4.78 is 18.3. The number of methoxy groups -OCH3 is 1. The van der Waals surface area contributed by atoms with Gasteiger partial charge in [0.05, 0.1) is 7.11 Å². The molecule has 32 heavy (non-hydrogen) atoms. The molecule has 166 valence electrons. The molecule has 0 saturated carbocycles. The van der Waals surface area contributed by atoms with Gasteiger partial charge in [0.2, 0.25) is 0 Å². The summed E-state index contributed by atoms with van der Waals surface area (Å²) >= 11 is 7.35. The summed E-state index contributed by atoms with van der Waals surface area (Å²) in [5, 5.41) is 3.16. The van der Waals surface area contributed by atoms with Crippen molar-refractivity contribution in [1.82, 2.24) is 14.8 Å². The number of halogens is 2. The summed E-state index contributed by atoms with van der Waals surface area (Å²) in [5.74, 6) is -0.921. The fraction of sp³-hybridized carbons (Fsp3) is 0.261. The van der Waals surface area contributed by atoms with Crippen LogP contribution >= 0.6 is 22.9 Å². The number of hydrogen-bond donors (Lipinski definition) is 0. The molecule has 1 fully saturated rings. The van der Waals surface area contributed by atoms with E-state index >= 15 is 0 Å². The van der Waals surface area contributed by atoms with Crippen LogP contribution in [0.1, 0.15) is 22.1 Å². The lowest BCUT2D eigenvalue weighted by atomic mass is 10.0. The standard InChI is InChI=1S/C23H21ClFN3O3S/c1-31-23(30)20(15-4-8-18(25)9-5-15)27-10-12-28(13-11-27)22(29)19-14-32-21(26-19)16-2-6-17(24)7-3-16/h2-9,14,20H,10-13H2,1H3/t20-/m0/s1. The minimum Gasteiger partial charge on any atom is -0.468 e. The second-order valence-corrected chi connectivity index (χ2v) is 8.64. The number of piperazine rings is 1. The highest BCUT2D eigenvalue weighted by molar-refractivity contribution is 7.13. The maximum Gasteiger partial charge on any atom is 0.327 e. The quantitative estimate of drug-likeness (QED) is 0.518. The van der Waals surface area contributed by atoms with Crippen LogP contribution in [-0.2, 0) is 9.53 Å². The Labute approximate surface area is 194 Å². The first kappa shape index (κ1) is 22.4. The molecule has 0 N–H and O–H groups in total. The van der Waals surface area contributed by atoms with Crippen LogP contribution in [0.3, 0.4) is 0 Å². The lowest BCUT2D eigenvalue weighted by Crippen LogP contribution is -2.51. The molecule has 2 aromatic carbocycles. The number of ether oxygens (including phenoxy) is 1. The van der Waals surface area contributed by atoms with E-state index < -0.39 is 12.0 Å². The second kappa shape index (κ2) is 9.77. The zero-order valence-electron chi connectivity index (χ0n) is 17.3. The molecule has 1 aromatic heterocycles. The molecule has 4 rings (SSSR count). The topological polar surface area (TPSA) is 62.7 Å². The van der Waals surface area contributed by atoms with Crippen LogP contribution in [0.15, 0.2) is 53.9 Å². The lowest BCUT2D eigenvalue weighted by Gasteiger charge is -2.38. The molecule has 1 aliphatic heterocycles. The number of esters is 1. The van der Waals surface area contributed by atoms with Gasteiger partial charge in [-0.05, 0) is 29.8 Å². The van der Waals surface area contributed by atoms with E-state index in [2.05, 4.69) is 4.98 Å². The van der Waals surface area contributed by atoms with Crippen LogP contribution in [0.4, 0.5) is 4.39 Å². The van der Waals surface area contributed by atoms with E-state index in [-0.39, 0.29) is 11.7 Å². The smallest absolute Gasteiger partial charge is 0.327 e.